The van der Waals surface area contributed by atoms with E-state index in [-0.39, 0.29) is 0 Å². The van der Waals surface area contributed by atoms with E-state index in [2.05, 4.69) is 41.5 Å². The van der Waals surface area contributed by atoms with E-state index in [0.717, 1.165) is 13.1 Å². The zero-order chi connectivity index (χ0) is 19.1. The first-order valence-electron chi connectivity index (χ1n) is 8.90. The number of carbonyl (C=O) groups excluding carboxylic acids is 1. The van der Waals surface area contributed by atoms with Crippen LogP contribution in [0.25, 0.3) is 0 Å². The Balaban J connectivity index is 1.49. The molecule has 0 aliphatic carbocycles. The van der Waals surface area contributed by atoms with Gasteiger partial charge in [0.1, 0.15) is 5.75 Å². The van der Waals surface area contributed by atoms with Crippen molar-refractivity contribution >= 4 is 5.91 Å². The minimum Gasteiger partial charge on any atom is -0.439 e. The number of benzene rings is 2. The first-order valence-corrected chi connectivity index (χ1v) is 8.90. The number of ether oxygens (including phenoxy) is 1. The van der Waals surface area contributed by atoms with Crippen molar-refractivity contribution in [3.8, 4) is 11.6 Å². The van der Waals surface area contributed by atoms with E-state index in [1.807, 2.05) is 30.3 Å². The average molecular weight is 361 g/mol. The van der Waals surface area contributed by atoms with Gasteiger partial charge < -0.3 is 15.8 Å². The van der Waals surface area contributed by atoms with E-state index in [4.69, 9.17) is 10.5 Å². The van der Waals surface area contributed by atoms with Crippen molar-refractivity contribution in [2.75, 3.05) is 6.54 Å². The number of amides is 1. The number of nitrogens with zero attached hydrogens (tertiary/aromatic N) is 1. The molecule has 0 spiro atoms. The number of aromatic nitrogens is 1. The Morgan fingerprint density at radius 3 is 2.44 bits per heavy atom. The lowest BCUT2D eigenvalue weighted by Crippen LogP contribution is -2.19. The Hall–Kier alpha value is -3.18. The van der Waals surface area contributed by atoms with Gasteiger partial charge in [-0.05, 0) is 35.2 Å². The predicted octanol–water partition coefficient (Wildman–Crippen LogP) is 3.87. The number of hydrogen-bond donors (Lipinski definition) is 2. The summed E-state index contributed by atoms with van der Waals surface area (Å²) in [5.74, 6) is 1.06. The molecule has 0 radical (unpaired) electrons. The molecule has 0 aliphatic rings. The van der Waals surface area contributed by atoms with Crippen LogP contribution in [0.3, 0.4) is 0 Å². The fourth-order valence-electron chi connectivity index (χ4n) is 2.71. The molecule has 5 nitrogen and oxygen atoms in total. The van der Waals surface area contributed by atoms with E-state index in [1.54, 1.807) is 12.1 Å². The molecule has 2 aromatic carbocycles. The van der Waals surface area contributed by atoms with Crippen LogP contribution in [0, 0.1) is 0 Å². The highest BCUT2D eigenvalue weighted by Gasteiger charge is 2.05. The Kier molecular flexibility index (Phi) is 6.18. The molecule has 5 heteroatoms. The minimum absolute atomic E-state index is 0.355. The Morgan fingerprint density at radius 2 is 1.81 bits per heavy atom. The van der Waals surface area contributed by atoms with E-state index < -0.39 is 5.91 Å². The SMILES string of the molecule is CC(CNCc1ccc(Oc2ccc(C(N)=O)cn2)cc1)c1ccccc1. The Bertz CT molecular complexity index is 862. The highest BCUT2D eigenvalue weighted by molar-refractivity contribution is 5.92. The van der Waals surface area contributed by atoms with Crippen molar-refractivity contribution < 1.29 is 9.53 Å². The standard InChI is InChI=1S/C22H23N3O2/c1-16(18-5-3-2-4-6-18)13-24-14-17-7-10-20(11-8-17)27-21-12-9-19(15-25-21)22(23)26/h2-12,15-16,24H,13-14H2,1H3,(H2,23,26). The van der Waals surface area contributed by atoms with Gasteiger partial charge in [0.25, 0.3) is 0 Å². The summed E-state index contributed by atoms with van der Waals surface area (Å²) < 4.78 is 5.68. The average Bonchev–Trinajstić information content (AvgIpc) is 2.70. The fourth-order valence-corrected chi connectivity index (χ4v) is 2.71. The molecule has 1 unspecified atom stereocenters. The van der Waals surface area contributed by atoms with Crippen LogP contribution in [0.5, 0.6) is 11.6 Å². The van der Waals surface area contributed by atoms with Crippen molar-refractivity contribution in [2.24, 2.45) is 5.73 Å². The molecule has 27 heavy (non-hydrogen) atoms. The first kappa shape index (κ1) is 18.6. The van der Waals surface area contributed by atoms with Gasteiger partial charge in [0, 0.05) is 25.4 Å². The van der Waals surface area contributed by atoms with Crippen molar-refractivity contribution in [1.29, 1.82) is 0 Å². The largest absolute Gasteiger partial charge is 0.439 e. The van der Waals surface area contributed by atoms with Gasteiger partial charge in [-0.15, -0.1) is 0 Å². The number of primary amides is 1. The molecule has 0 aliphatic heterocycles. The summed E-state index contributed by atoms with van der Waals surface area (Å²) in [6, 6.07) is 21.6. The summed E-state index contributed by atoms with van der Waals surface area (Å²) in [5.41, 5.74) is 8.07. The van der Waals surface area contributed by atoms with Gasteiger partial charge in [-0.3, -0.25) is 4.79 Å². The number of hydrogen-bond acceptors (Lipinski definition) is 4. The van der Waals surface area contributed by atoms with Crippen LogP contribution in [-0.4, -0.2) is 17.4 Å². The van der Waals surface area contributed by atoms with Crippen LogP contribution in [-0.2, 0) is 6.54 Å². The maximum atomic E-state index is 11.1. The topological polar surface area (TPSA) is 77.2 Å². The molecule has 3 rings (SSSR count). The van der Waals surface area contributed by atoms with Gasteiger partial charge in [-0.2, -0.15) is 0 Å². The van der Waals surface area contributed by atoms with Crippen LogP contribution >= 0.6 is 0 Å². The lowest BCUT2D eigenvalue weighted by Gasteiger charge is -2.13. The zero-order valence-corrected chi connectivity index (χ0v) is 15.3. The Labute approximate surface area is 159 Å². The lowest BCUT2D eigenvalue weighted by molar-refractivity contribution is 0.1000. The van der Waals surface area contributed by atoms with E-state index >= 15 is 0 Å². The van der Waals surface area contributed by atoms with Crippen LogP contribution < -0.4 is 15.8 Å². The second-order valence-electron chi connectivity index (χ2n) is 6.44. The number of rotatable bonds is 8. The number of nitrogens with one attached hydrogen (secondary N) is 1. The fraction of sp³-hybridized carbons (Fsp3) is 0.182. The van der Waals surface area contributed by atoms with Gasteiger partial charge in [-0.1, -0.05) is 49.4 Å². The molecule has 1 aromatic heterocycles. The highest BCUT2D eigenvalue weighted by Crippen LogP contribution is 2.20. The monoisotopic (exact) mass is 361 g/mol. The smallest absolute Gasteiger partial charge is 0.250 e. The summed E-state index contributed by atoms with van der Waals surface area (Å²) in [4.78, 5) is 15.1. The first-order chi connectivity index (χ1) is 13.1. The normalized spacial score (nSPS) is 11.7. The molecule has 138 valence electrons. The van der Waals surface area contributed by atoms with E-state index in [0.29, 0.717) is 23.1 Å². The molecule has 0 bridgehead atoms. The number of pyridine rings is 1. The van der Waals surface area contributed by atoms with Gasteiger partial charge >= 0.3 is 0 Å². The molecule has 3 aromatic rings. The summed E-state index contributed by atoms with van der Waals surface area (Å²) in [6.07, 6.45) is 1.41. The van der Waals surface area contributed by atoms with Gasteiger partial charge in [0.15, 0.2) is 0 Å². The molecule has 0 saturated carbocycles. The lowest BCUT2D eigenvalue weighted by atomic mass is 10.0. The maximum Gasteiger partial charge on any atom is 0.250 e. The molecular weight excluding hydrogens is 338 g/mol. The maximum absolute atomic E-state index is 11.1. The summed E-state index contributed by atoms with van der Waals surface area (Å²) in [5, 5.41) is 3.49. The van der Waals surface area contributed by atoms with Crippen LogP contribution in [0.4, 0.5) is 0 Å². The van der Waals surface area contributed by atoms with Gasteiger partial charge in [-0.25, -0.2) is 4.98 Å². The van der Waals surface area contributed by atoms with Crippen molar-refractivity contribution in [1.82, 2.24) is 10.3 Å². The van der Waals surface area contributed by atoms with E-state index in [9.17, 15) is 4.79 Å². The van der Waals surface area contributed by atoms with Crippen molar-refractivity contribution in [3.05, 3.63) is 89.6 Å². The summed E-state index contributed by atoms with van der Waals surface area (Å²) in [7, 11) is 0. The second kappa shape index (κ2) is 8.96. The minimum atomic E-state index is -0.507. The summed E-state index contributed by atoms with van der Waals surface area (Å²) >= 11 is 0. The quantitative estimate of drug-likeness (QED) is 0.638. The number of carbonyl (C=O) groups is 1. The predicted molar refractivity (Wildman–Crippen MR) is 106 cm³/mol. The van der Waals surface area contributed by atoms with Crippen LogP contribution in [0.15, 0.2) is 72.9 Å². The van der Waals surface area contributed by atoms with Crippen LogP contribution in [0.2, 0.25) is 0 Å². The van der Waals surface area contributed by atoms with E-state index in [1.165, 1.54) is 17.3 Å². The Morgan fingerprint density at radius 1 is 1.07 bits per heavy atom. The van der Waals surface area contributed by atoms with Crippen molar-refractivity contribution in [3.63, 3.8) is 0 Å². The van der Waals surface area contributed by atoms with Crippen LogP contribution in [0.1, 0.15) is 34.3 Å². The van der Waals surface area contributed by atoms with Gasteiger partial charge in [0.05, 0.1) is 5.56 Å². The molecule has 0 fully saturated rings. The third kappa shape index (κ3) is 5.39. The highest BCUT2D eigenvalue weighted by atomic mass is 16.5. The molecule has 1 atom stereocenters. The molecular formula is C22H23N3O2. The number of nitrogens with two attached hydrogens (primary N) is 1. The molecule has 1 heterocycles. The van der Waals surface area contributed by atoms with Crippen molar-refractivity contribution in [2.45, 2.75) is 19.4 Å². The summed E-state index contributed by atoms with van der Waals surface area (Å²) in [6.45, 7) is 3.93. The third-order valence-corrected chi connectivity index (χ3v) is 4.31. The van der Waals surface area contributed by atoms with Gasteiger partial charge in [0.2, 0.25) is 11.8 Å². The zero-order valence-electron chi connectivity index (χ0n) is 15.3. The third-order valence-electron chi connectivity index (χ3n) is 4.31. The molecule has 0 saturated heterocycles. The second-order valence-corrected chi connectivity index (χ2v) is 6.44. The molecule has 1 amide bonds. The molecule has 3 N–H and O–H groups in total.